The first-order valence-corrected chi connectivity index (χ1v) is 6.14. The van der Waals surface area contributed by atoms with Gasteiger partial charge in [0.1, 0.15) is 0 Å². The number of carbonyl (C=O) groups is 1. The molecule has 0 aliphatic heterocycles. The van der Waals surface area contributed by atoms with Gasteiger partial charge in [0.2, 0.25) is 0 Å². The first-order chi connectivity index (χ1) is 9.65. The molecule has 3 N–H and O–H groups in total. The van der Waals surface area contributed by atoms with Gasteiger partial charge in [-0.1, -0.05) is 30.3 Å². The number of aromatic carboxylic acids is 1. The Kier molecular flexibility index (Phi) is 2.84. The topological polar surface area (TPSA) is 76.2 Å². The predicted octanol–water partition coefficient (Wildman–Crippen LogP) is 3.18. The molecule has 0 atom stereocenters. The molecule has 0 unspecified atom stereocenters. The van der Waals surface area contributed by atoms with E-state index < -0.39 is 5.97 Å². The Morgan fingerprint density at radius 3 is 2.50 bits per heavy atom. The van der Waals surface area contributed by atoms with Crippen LogP contribution in [0.15, 0.2) is 54.6 Å². The number of pyridine rings is 1. The molecule has 4 nitrogen and oxygen atoms in total. The van der Waals surface area contributed by atoms with Crippen LogP contribution in [0.4, 0.5) is 5.69 Å². The van der Waals surface area contributed by atoms with Gasteiger partial charge in [0.05, 0.1) is 16.8 Å². The number of fused-ring (bicyclic) bond motifs is 1. The van der Waals surface area contributed by atoms with Crippen LogP contribution in [-0.2, 0) is 0 Å². The smallest absolute Gasteiger partial charge is 0.336 e. The number of rotatable bonds is 2. The number of nitrogens with zero attached hydrogens (tertiary/aromatic N) is 1. The number of nitrogens with two attached hydrogens (primary N) is 1. The number of anilines is 1. The van der Waals surface area contributed by atoms with Gasteiger partial charge in [0.25, 0.3) is 0 Å². The van der Waals surface area contributed by atoms with E-state index >= 15 is 0 Å². The van der Waals surface area contributed by atoms with Gasteiger partial charge in [0, 0.05) is 16.6 Å². The van der Waals surface area contributed by atoms with E-state index in [1.54, 1.807) is 24.3 Å². The zero-order chi connectivity index (χ0) is 14.1. The molecule has 0 saturated heterocycles. The first-order valence-electron chi connectivity index (χ1n) is 6.14. The maximum absolute atomic E-state index is 11.4. The monoisotopic (exact) mass is 264 g/mol. The number of hydrogen-bond donors (Lipinski definition) is 2. The van der Waals surface area contributed by atoms with Crippen LogP contribution in [0, 0.1) is 0 Å². The van der Waals surface area contributed by atoms with Crippen LogP contribution in [-0.4, -0.2) is 16.1 Å². The molecule has 98 valence electrons. The SMILES string of the molecule is Nc1ccc2nc(-c3ccccc3)cc(C(=O)O)c2c1. The highest BCUT2D eigenvalue weighted by Crippen LogP contribution is 2.26. The molecule has 1 heterocycles. The van der Waals surface area contributed by atoms with E-state index in [9.17, 15) is 9.90 Å². The molecule has 3 rings (SSSR count). The summed E-state index contributed by atoms with van der Waals surface area (Å²) in [5.41, 5.74) is 8.60. The number of aromatic nitrogens is 1. The second-order valence-corrected chi connectivity index (χ2v) is 4.50. The van der Waals surface area contributed by atoms with E-state index in [0.717, 1.165) is 5.56 Å². The molecule has 0 fully saturated rings. The van der Waals surface area contributed by atoms with E-state index in [-0.39, 0.29) is 5.56 Å². The Bertz CT molecular complexity index is 798. The fraction of sp³-hybridized carbons (Fsp3) is 0. The van der Waals surface area contributed by atoms with E-state index in [1.165, 1.54) is 0 Å². The van der Waals surface area contributed by atoms with Gasteiger partial charge >= 0.3 is 5.97 Å². The van der Waals surface area contributed by atoms with Crippen molar-refractivity contribution < 1.29 is 9.90 Å². The van der Waals surface area contributed by atoms with Crippen LogP contribution in [0.2, 0.25) is 0 Å². The van der Waals surface area contributed by atoms with Gasteiger partial charge in [-0.25, -0.2) is 9.78 Å². The summed E-state index contributed by atoms with van der Waals surface area (Å²) in [6.07, 6.45) is 0. The van der Waals surface area contributed by atoms with Crippen LogP contribution in [0.1, 0.15) is 10.4 Å². The fourth-order valence-corrected chi connectivity index (χ4v) is 2.18. The van der Waals surface area contributed by atoms with Crippen molar-refractivity contribution in [3.63, 3.8) is 0 Å². The molecule has 2 aromatic carbocycles. The summed E-state index contributed by atoms with van der Waals surface area (Å²) in [6, 6.07) is 16.2. The largest absolute Gasteiger partial charge is 0.478 e. The number of hydrogen-bond acceptors (Lipinski definition) is 3. The molecule has 0 spiro atoms. The maximum atomic E-state index is 11.4. The van der Waals surface area contributed by atoms with Crippen molar-refractivity contribution in [2.45, 2.75) is 0 Å². The normalized spacial score (nSPS) is 10.6. The van der Waals surface area contributed by atoms with E-state index in [2.05, 4.69) is 4.98 Å². The number of benzene rings is 2. The van der Waals surface area contributed by atoms with Gasteiger partial charge < -0.3 is 10.8 Å². The lowest BCUT2D eigenvalue weighted by Gasteiger charge is -2.07. The molecule has 0 bridgehead atoms. The van der Waals surface area contributed by atoms with Crippen LogP contribution < -0.4 is 5.73 Å². The Morgan fingerprint density at radius 1 is 1.05 bits per heavy atom. The summed E-state index contributed by atoms with van der Waals surface area (Å²) in [4.78, 5) is 16.0. The van der Waals surface area contributed by atoms with Gasteiger partial charge in [-0.2, -0.15) is 0 Å². The molecular formula is C16H12N2O2. The molecule has 4 heteroatoms. The molecule has 0 radical (unpaired) electrons. The van der Waals surface area contributed by atoms with Crippen LogP contribution in [0.5, 0.6) is 0 Å². The van der Waals surface area contributed by atoms with E-state index in [0.29, 0.717) is 22.3 Å². The maximum Gasteiger partial charge on any atom is 0.336 e. The van der Waals surface area contributed by atoms with Crippen molar-refractivity contribution in [3.8, 4) is 11.3 Å². The van der Waals surface area contributed by atoms with Gasteiger partial charge in [-0.15, -0.1) is 0 Å². The molecule has 0 aliphatic rings. The molecule has 1 aromatic heterocycles. The van der Waals surface area contributed by atoms with Gasteiger partial charge in [0.15, 0.2) is 0 Å². The summed E-state index contributed by atoms with van der Waals surface area (Å²) >= 11 is 0. The molecule has 0 amide bonds. The summed E-state index contributed by atoms with van der Waals surface area (Å²) in [6.45, 7) is 0. The van der Waals surface area contributed by atoms with E-state index in [1.807, 2.05) is 30.3 Å². The zero-order valence-electron chi connectivity index (χ0n) is 10.6. The Hall–Kier alpha value is -2.88. The minimum Gasteiger partial charge on any atom is -0.478 e. The van der Waals surface area contributed by atoms with Crippen LogP contribution in [0.25, 0.3) is 22.2 Å². The third kappa shape index (κ3) is 2.07. The molecule has 3 aromatic rings. The highest BCUT2D eigenvalue weighted by Gasteiger charge is 2.13. The van der Waals surface area contributed by atoms with Crippen molar-refractivity contribution in [1.82, 2.24) is 4.98 Å². The predicted molar refractivity (Wildman–Crippen MR) is 78.6 cm³/mol. The molecule has 20 heavy (non-hydrogen) atoms. The lowest BCUT2D eigenvalue weighted by molar-refractivity contribution is 0.0699. The highest BCUT2D eigenvalue weighted by atomic mass is 16.4. The molecular weight excluding hydrogens is 252 g/mol. The van der Waals surface area contributed by atoms with Crippen molar-refractivity contribution in [2.75, 3.05) is 5.73 Å². The van der Waals surface area contributed by atoms with Crippen LogP contribution >= 0.6 is 0 Å². The third-order valence-corrected chi connectivity index (χ3v) is 3.13. The second-order valence-electron chi connectivity index (χ2n) is 4.50. The summed E-state index contributed by atoms with van der Waals surface area (Å²) in [7, 11) is 0. The third-order valence-electron chi connectivity index (χ3n) is 3.13. The second kappa shape index (κ2) is 4.66. The molecule has 0 saturated carbocycles. The summed E-state index contributed by atoms with van der Waals surface area (Å²) < 4.78 is 0. The minimum absolute atomic E-state index is 0.209. The fourth-order valence-electron chi connectivity index (χ4n) is 2.18. The average molecular weight is 264 g/mol. The average Bonchev–Trinajstić information content (AvgIpc) is 2.47. The summed E-state index contributed by atoms with van der Waals surface area (Å²) in [5, 5.41) is 9.93. The Balaban J connectivity index is 2.32. The quantitative estimate of drug-likeness (QED) is 0.697. The Labute approximate surface area is 115 Å². The van der Waals surface area contributed by atoms with Crippen molar-refractivity contribution >= 4 is 22.6 Å². The summed E-state index contributed by atoms with van der Waals surface area (Å²) in [5.74, 6) is -0.986. The van der Waals surface area contributed by atoms with E-state index in [4.69, 9.17) is 5.73 Å². The minimum atomic E-state index is -0.986. The van der Waals surface area contributed by atoms with Crippen LogP contribution in [0.3, 0.4) is 0 Å². The lowest BCUT2D eigenvalue weighted by Crippen LogP contribution is -2.01. The van der Waals surface area contributed by atoms with Crippen molar-refractivity contribution in [1.29, 1.82) is 0 Å². The standard InChI is InChI=1S/C16H12N2O2/c17-11-6-7-14-12(8-11)13(16(19)20)9-15(18-14)10-4-2-1-3-5-10/h1-9H,17H2,(H,19,20). The molecule has 0 aliphatic carbocycles. The number of carboxylic acid groups (broad SMARTS) is 1. The number of carboxylic acids is 1. The first kappa shape index (κ1) is 12.2. The zero-order valence-corrected chi connectivity index (χ0v) is 10.6. The highest BCUT2D eigenvalue weighted by molar-refractivity contribution is 6.04. The van der Waals surface area contributed by atoms with Crippen molar-refractivity contribution in [3.05, 3.63) is 60.2 Å². The van der Waals surface area contributed by atoms with Gasteiger partial charge in [-0.3, -0.25) is 0 Å². The Morgan fingerprint density at radius 2 is 1.80 bits per heavy atom. The lowest BCUT2D eigenvalue weighted by atomic mass is 10.0. The van der Waals surface area contributed by atoms with Crippen molar-refractivity contribution in [2.24, 2.45) is 0 Å². The van der Waals surface area contributed by atoms with Gasteiger partial charge in [-0.05, 0) is 24.3 Å². The number of nitrogen functional groups attached to an aromatic ring is 1.